The monoisotopic (exact) mass is 435 g/mol. The third-order valence-corrected chi connectivity index (χ3v) is 7.45. The number of carbonyl (C=O) groups is 1. The molecule has 0 spiro atoms. The molecule has 30 heavy (non-hydrogen) atoms. The molecule has 2 aliphatic heterocycles. The van der Waals surface area contributed by atoms with E-state index in [2.05, 4.69) is 10.5 Å². The summed E-state index contributed by atoms with van der Waals surface area (Å²) in [6.07, 6.45) is 2.01. The molecule has 162 valence electrons. The highest BCUT2D eigenvalue weighted by Crippen LogP contribution is 2.33. The van der Waals surface area contributed by atoms with E-state index in [0.29, 0.717) is 55.5 Å². The highest BCUT2D eigenvalue weighted by atomic mass is 32.2. The zero-order chi connectivity index (χ0) is 21.3. The Balaban J connectivity index is 1.47. The minimum atomic E-state index is -3.77. The number of nitrogens with zero attached hydrogens (tertiary/aromatic N) is 2. The van der Waals surface area contributed by atoms with Crippen molar-refractivity contribution in [3.8, 4) is 11.5 Å². The van der Waals surface area contributed by atoms with Gasteiger partial charge >= 0.3 is 0 Å². The van der Waals surface area contributed by atoms with Crippen molar-refractivity contribution < 1.29 is 27.2 Å². The zero-order valence-electron chi connectivity index (χ0n) is 17.0. The molecule has 1 fully saturated rings. The molecule has 4 rings (SSSR count). The molecule has 10 heteroatoms. The van der Waals surface area contributed by atoms with Crippen LogP contribution in [0.3, 0.4) is 0 Å². The van der Waals surface area contributed by atoms with Gasteiger partial charge in [0.1, 0.15) is 10.6 Å². The van der Waals surface area contributed by atoms with Gasteiger partial charge in [-0.1, -0.05) is 5.16 Å². The fourth-order valence-corrected chi connectivity index (χ4v) is 5.65. The first kappa shape index (κ1) is 20.7. The molecule has 1 N–H and O–H groups in total. The van der Waals surface area contributed by atoms with Gasteiger partial charge in [0.15, 0.2) is 17.3 Å². The van der Waals surface area contributed by atoms with Gasteiger partial charge in [0, 0.05) is 31.3 Å². The first-order chi connectivity index (χ1) is 14.4. The van der Waals surface area contributed by atoms with E-state index in [4.69, 9.17) is 14.0 Å². The van der Waals surface area contributed by atoms with Crippen molar-refractivity contribution in [2.75, 3.05) is 31.6 Å². The van der Waals surface area contributed by atoms with Crippen LogP contribution >= 0.6 is 0 Å². The van der Waals surface area contributed by atoms with Gasteiger partial charge < -0.3 is 19.3 Å². The fourth-order valence-electron chi connectivity index (χ4n) is 3.83. The van der Waals surface area contributed by atoms with E-state index < -0.39 is 15.9 Å². The molecule has 9 nitrogen and oxygen atoms in total. The van der Waals surface area contributed by atoms with Crippen molar-refractivity contribution in [3.63, 3.8) is 0 Å². The van der Waals surface area contributed by atoms with Gasteiger partial charge in [0.25, 0.3) is 0 Å². The lowest BCUT2D eigenvalue weighted by molar-refractivity contribution is -0.120. The van der Waals surface area contributed by atoms with E-state index in [1.165, 1.54) is 4.31 Å². The average molecular weight is 436 g/mol. The number of benzene rings is 1. The fraction of sp³-hybridized carbons (Fsp3) is 0.500. The standard InChI is InChI=1S/C20H25N3O6S/c1-13-19(14(2)29-22-13)30(25,26)23-8-3-5-15(12-23)20(24)21-16-6-7-17-18(11-16)28-10-4-9-27-17/h6-7,11,15H,3-5,8-10,12H2,1-2H3,(H,21,24). The lowest BCUT2D eigenvalue weighted by Crippen LogP contribution is -2.43. The maximum atomic E-state index is 13.1. The van der Waals surface area contributed by atoms with Gasteiger partial charge in [-0.05, 0) is 38.8 Å². The number of rotatable bonds is 4. The van der Waals surface area contributed by atoms with E-state index in [0.717, 1.165) is 6.42 Å². The van der Waals surface area contributed by atoms with Crippen molar-refractivity contribution in [2.45, 2.75) is 38.0 Å². The SMILES string of the molecule is Cc1noc(C)c1S(=O)(=O)N1CCCC(C(=O)Nc2ccc3c(c2)OCCCO3)C1. The summed E-state index contributed by atoms with van der Waals surface area (Å²) in [4.78, 5) is 13.0. The lowest BCUT2D eigenvalue weighted by Gasteiger charge is -2.31. The van der Waals surface area contributed by atoms with Gasteiger partial charge in [-0.15, -0.1) is 0 Å². The first-order valence-corrected chi connectivity index (χ1v) is 11.4. The van der Waals surface area contributed by atoms with E-state index in [1.54, 1.807) is 32.0 Å². The van der Waals surface area contributed by atoms with Crippen LogP contribution in [0, 0.1) is 19.8 Å². The van der Waals surface area contributed by atoms with Crippen LogP contribution in [-0.4, -0.2) is 50.1 Å². The maximum Gasteiger partial charge on any atom is 0.248 e. The molecule has 2 aliphatic rings. The highest BCUT2D eigenvalue weighted by molar-refractivity contribution is 7.89. The van der Waals surface area contributed by atoms with Gasteiger partial charge in [-0.25, -0.2) is 8.42 Å². The predicted octanol–water partition coefficient (Wildman–Crippen LogP) is 2.49. The Morgan fingerprint density at radius 1 is 1.17 bits per heavy atom. The van der Waals surface area contributed by atoms with Crippen LogP contribution in [-0.2, 0) is 14.8 Å². The van der Waals surface area contributed by atoms with Crippen molar-refractivity contribution in [3.05, 3.63) is 29.7 Å². The summed E-state index contributed by atoms with van der Waals surface area (Å²) in [5.74, 6) is 0.829. The van der Waals surface area contributed by atoms with Crippen LogP contribution < -0.4 is 14.8 Å². The van der Waals surface area contributed by atoms with Gasteiger partial charge in [-0.2, -0.15) is 4.31 Å². The molecule has 0 radical (unpaired) electrons. The third kappa shape index (κ3) is 4.01. The summed E-state index contributed by atoms with van der Waals surface area (Å²) >= 11 is 0. The molecule has 0 saturated carbocycles. The van der Waals surface area contributed by atoms with Gasteiger partial charge in [-0.3, -0.25) is 4.79 Å². The number of hydrogen-bond acceptors (Lipinski definition) is 7. The number of aromatic nitrogens is 1. The summed E-state index contributed by atoms with van der Waals surface area (Å²) in [6, 6.07) is 5.26. The van der Waals surface area contributed by atoms with Gasteiger partial charge in [0.05, 0.1) is 19.1 Å². The lowest BCUT2D eigenvalue weighted by atomic mass is 9.98. The number of piperidine rings is 1. The minimum Gasteiger partial charge on any atom is -0.490 e. The van der Waals surface area contributed by atoms with Crippen molar-refractivity contribution in [2.24, 2.45) is 5.92 Å². The number of aryl methyl sites for hydroxylation is 2. The number of nitrogens with one attached hydrogen (secondary N) is 1. The molecule has 3 heterocycles. The van der Waals surface area contributed by atoms with Crippen LogP contribution in [0.25, 0.3) is 0 Å². The summed E-state index contributed by atoms with van der Waals surface area (Å²) in [5, 5.41) is 6.63. The molecule has 1 aromatic carbocycles. The Morgan fingerprint density at radius 3 is 2.67 bits per heavy atom. The highest BCUT2D eigenvalue weighted by Gasteiger charge is 2.36. The maximum absolute atomic E-state index is 13.1. The van der Waals surface area contributed by atoms with E-state index >= 15 is 0 Å². The molecule has 2 aromatic rings. The summed E-state index contributed by atoms with van der Waals surface area (Å²) in [7, 11) is -3.77. The Hall–Kier alpha value is -2.59. The molecule has 1 saturated heterocycles. The molecular weight excluding hydrogens is 410 g/mol. The Morgan fingerprint density at radius 2 is 1.93 bits per heavy atom. The summed E-state index contributed by atoms with van der Waals surface area (Å²) in [5.41, 5.74) is 0.918. The zero-order valence-corrected chi connectivity index (χ0v) is 17.8. The summed E-state index contributed by atoms with van der Waals surface area (Å²) in [6.45, 7) is 4.80. The normalized spacial score (nSPS) is 19.9. The van der Waals surface area contributed by atoms with Crippen LogP contribution in [0.2, 0.25) is 0 Å². The topological polar surface area (TPSA) is 111 Å². The first-order valence-electron chi connectivity index (χ1n) is 10.00. The van der Waals surface area contributed by atoms with Crippen LogP contribution in [0.4, 0.5) is 5.69 Å². The quantitative estimate of drug-likeness (QED) is 0.785. The minimum absolute atomic E-state index is 0.0893. The van der Waals surface area contributed by atoms with Crippen molar-refractivity contribution >= 4 is 21.6 Å². The van der Waals surface area contributed by atoms with Crippen LogP contribution in [0.5, 0.6) is 11.5 Å². The van der Waals surface area contributed by atoms with Crippen LogP contribution in [0.1, 0.15) is 30.7 Å². The molecule has 0 bridgehead atoms. The van der Waals surface area contributed by atoms with Crippen molar-refractivity contribution in [1.29, 1.82) is 0 Å². The predicted molar refractivity (Wildman–Crippen MR) is 108 cm³/mol. The Bertz CT molecular complexity index is 1030. The number of sulfonamides is 1. The Kier molecular flexibility index (Phi) is 5.70. The average Bonchev–Trinajstić information content (AvgIpc) is 2.93. The number of anilines is 1. The van der Waals surface area contributed by atoms with Gasteiger partial charge in [0.2, 0.25) is 15.9 Å². The van der Waals surface area contributed by atoms with Crippen LogP contribution in [0.15, 0.2) is 27.6 Å². The number of ether oxygens (including phenoxy) is 2. The molecular formula is C20H25N3O6S. The van der Waals surface area contributed by atoms with E-state index in [-0.39, 0.29) is 23.1 Å². The smallest absolute Gasteiger partial charge is 0.248 e. The van der Waals surface area contributed by atoms with Crippen molar-refractivity contribution in [1.82, 2.24) is 9.46 Å². The molecule has 1 atom stereocenters. The molecule has 1 aromatic heterocycles. The number of hydrogen-bond donors (Lipinski definition) is 1. The second-order valence-corrected chi connectivity index (χ2v) is 9.43. The third-order valence-electron chi connectivity index (χ3n) is 5.34. The van der Waals surface area contributed by atoms with E-state index in [9.17, 15) is 13.2 Å². The second kappa shape index (κ2) is 8.27. The van der Waals surface area contributed by atoms with E-state index in [1.807, 2.05) is 0 Å². The Labute approximate surface area is 175 Å². The largest absolute Gasteiger partial charge is 0.490 e. The number of amides is 1. The molecule has 1 unspecified atom stereocenters. The molecule has 1 amide bonds. The number of fused-ring (bicyclic) bond motifs is 1. The second-order valence-electron chi connectivity index (χ2n) is 7.56. The summed E-state index contributed by atoms with van der Waals surface area (Å²) < 4.78 is 43.8. The number of carbonyl (C=O) groups excluding carboxylic acids is 1. The molecule has 0 aliphatic carbocycles.